The zero-order chi connectivity index (χ0) is 18.9. The lowest BCUT2D eigenvalue weighted by Gasteiger charge is -2.21. The number of anilines is 1. The van der Waals surface area contributed by atoms with Gasteiger partial charge >= 0.3 is 6.03 Å². The van der Waals surface area contributed by atoms with E-state index in [1.165, 1.54) is 11.8 Å². The molecule has 0 bridgehead atoms. The Bertz CT molecular complexity index is 734. The molecule has 0 unspecified atom stereocenters. The van der Waals surface area contributed by atoms with Gasteiger partial charge in [0.15, 0.2) is 5.78 Å². The summed E-state index contributed by atoms with van der Waals surface area (Å²) in [7, 11) is 1.59. The zero-order valence-corrected chi connectivity index (χ0v) is 15.0. The average molecular weight is 356 g/mol. The summed E-state index contributed by atoms with van der Waals surface area (Å²) >= 11 is 0. The monoisotopic (exact) mass is 356 g/mol. The van der Waals surface area contributed by atoms with Gasteiger partial charge in [0.05, 0.1) is 25.9 Å². The normalized spacial score (nSPS) is 11.7. The molecule has 0 aliphatic carbocycles. The smallest absolute Gasteiger partial charge is 0.321 e. The van der Waals surface area contributed by atoms with E-state index in [0.717, 1.165) is 5.56 Å². The molecule has 2 N–H and O–H groups in total. The predicted octanol–water partition coefficient (Wildman–Crippen LogP) is 2.93. The van der Waals surface area contributed by atoms with Crippen molar-refractivity contribution in [3.8, 4) is 0 Å². The fourth-order valence-electron chi connectivity index (χ4n) is 2.37. The Kier molecular flexibility index (Phi) is 7.32. The number of benzene rings is 2. The molecule has 6 nitrogen and oxygen atoms in total. The summed E-state index contributed by atoms with van der Waals surface area (Å²) in [5.41, 5.74) is 2.08. The Hall–Kier alpha value is -2.70. The van der Waals surface area contributed by atoms with Crippen LogP contribution >= 0.6 is 0 Å². The van der Waals surface area contributed by atoms with Gasteiger partial charge in [-0.05, 0) is 24.6 Å². The van der Waals surface area contributed by atoms with E-state index in [0.29, 0.717) is 17.9 Å². The second kappa shape index (κ2) is 9.70. The molecule has 0 aliphatic heterocycles. The van der Waals surface area contributed by atoms with Crippen molar-refractivity contribution in [3.05, 3.63) is 65.7 Å². The molecule has 0 saturated carbocycles. The van der Waals surface area contributed by atoms with Gasteiger partial charge in [-0.25, -0.2) is 4.79 Å². The summed E-state index contributed by atoms with van der Waals surface area (Å²) in [6, 6.07) is 16.0. The number of ketones is 1. The number of hydrogen-bond donors (Lipinski definition) is 2. The summed E-state index contributed by atoms with van der Waals surface area (Å²) in [5, 5.41) is 12.7. The Morgan fingerprint density at radius 1 is 1.15 bits per heavy atom. The van der Waals surface area contributed by atoms with E-state index in [1.807, 2.05) is 30.3 Å². The van der Waals surface area contributed by atoms with E-state index in [4.69, 9.17) is 4.74 Å². The highest BCUT2D eigenvalue weighted by Crippen LogP contribution is 2.12. The third-order valence-electron chi connectivity index (χ3n) is 3.77. The largest absolute Gasteiger partial charge is 0.389 e. The highest BCUT2D eigenvalue weighted by atomic mass is 16.5. The molecular weight excluding hydrogens is 332 g/mol. The number of nitrogens with zero attached hydrogens (tertiary/aromatic N) is 1. The van der Waals surface area contributed by atoms with Crippen LogP contribution in [0.2, 0.25) is 0 Å². The van der Waals surface area contributed by atoms with Gasteiger partial charge in [-0.3, -0.25) is 4.79 Å². The van der Waals surface area contributed by atoms with Crippen molar-refractivity contribution >= 4 is 17.5 Å². The molecule has 0 heterocycles. The SMILES string of the molecule is CC(=O)c1cccc(NC(=O)N(C)C[C@H](O)COCc2ccccc2)c1. The number of Topliss-reactive ketones (excluding diaryl/α,β-unsaturated/α-hetero) is 1. The van der Waals surface area contributed by atoms with Crippen LogP contribution in [0.15, 0.2) is 54.6 Å². The summed E-state index contributed by atoms with van der Waals surface area (Å²) < 4.78 is 5.48. The lowest BCUT2D eigenvalue weighted by Crippen LogP contribution is -2.38. The maximum absolute atomic E-state index is 12.2. The number of amides is 2. The van der Waals surface area contributed by atoms with Gasteiger partial charge in [0.2, 0.25) is 0 Å². The molecule has 0 saturated heterocycles. The molecular formula is C20H24N2O4. The van der Waals surface area contributed by atoms with Crippen LogP contribution < -0.4 is 5.32 Å². The molecule has 2 aromatic rings. The minimum absolute atomic E-state index is 0.0690. The van der Waals surface area contributed by atoms with Gasteiger partial charge in [0, 0.05) is 18.3 Å². The van der Waals surface area contributed by atoms with Crippen LogP contribution in [0.3, 0.4) is 0 Å². The molecule has 2 aromatic carbocycles. The summed E-state index contributed by atoms with van der Waals surface area (Å²) in [6.07, 6.45) is -0.794. The number of carbonyl (C=O) groups is 2. The van der Waals surface area contributed by atoms with Gasteiger partial charge in [0.1, 0.15) is 0 Å². The van der Waals surface area contributed by atoms with Crippen molar-refractivity contribution in [1.82, 2.24) is 4.90 Å². The van der Waals surface area contributed by atoms with E-state index >= 15 is 0 Å². The first-order valence-electron chi connectivity index (χ1n) is 8.38. The summed E-state index contributed by atoms with van der Waals surface area (Å²) in [4.78, 5) is 25.0. The number of carbonyl (C=O) groups excluding carboxylic acids is 2. The number of likely N-dealkylation sites (N-methyl/N-ethyl adjacent to an activating group) is 1. The van der Waals surface area contributed by atoms with Crippen LogP contribution in [0, 0.1) is 0 Å². The zero-order valence-electron chi connectivity index (χ0n) is 15.0. The van der Waals surface area contributed by atoms with Gasteiger partial charge in [-0.1, -0.05) is 42.5 Å². The van der Waals surface area contributed by atoms with Gasteiger partial charge in [-0.2, -0.15) is 0 Å². The fourth-order valence-corrected chi connectivity index (χ4v) is 2.37. The van der Waals surface area contributed by atoms with E-state index in [9.17, 15) is 14.7 Å². The van der Waals surface area contributed by atoms with E-state index < -0.39 is 6.10 Å². The molecule has 0 aromatic heterocycles. The first-order chi connectivity index (χ1) is 12.5. The number of aliphatic hydroxyl groups is 1. The number of hydrogen-bond acceptors (Lipinski definition) is 4. The van der Waals surface area contributed by atoms with Crippen molar-refractivity contribution in [2.75, 3.05) is 25.5 Å². The number of nitrogens with one attached hydrogen (secondary N) is 1. The Labute approximate surface area is 153 Å². The van der Waals surface area contributed by atoms with Crippen molar-refractivity contribution in [2.24, 2.45) is 0 Å². The molecule has 138 valence electrons. The van der Waals surface area contributed by atoms with Crippen molar-refractivity contribution < 1.29 is 19.4 Å². The second-order valence-corrected chi connectivity index (χ2v) is 6.10. The molecule has 0 aliphatic rings. The highest BCUT2D eigenvalue weighted by molar-refractivity contribution is 5.96. The lowest BCUT2D eigenvalue weighted by atomic mass is 10.1. The molecule has 2 amide bonds. The first-order valence-corrected chi connectivity index (χ1v) is 8.38. The van der Waals surface area contributed by atoms with Crippen LogP contribution in [0.1, 0.15) is 22.8 Å². The Morgan fingerprint density at radius 3 is 2.58 bits per heavy atom. The van der Waals surface area contributed by atoms with Gasteiger partial charge < -0.3 is 20.1 Å². The first kappa shape index (κ1) is 19.6. The van der Waals surface area contributed by atoms with Crippen LogP contribution in [0.4, 0.5) is 10.5 Å². The fraction of sp³-hybridized carbons (Fsp3) is 0.300. The minimum Gasteiger partial charge on any atom is -0.389 e. The second-order valence-electron chi connectivity index (χ2n) is 6.10. The molecule has 26 heavy (non-hydrogen) atoms. The number of rotatable bonds is 8. The minimum atomic E-state index is -0.794. The third-order valence-corrected chi connectivity index (χ3v) is 3.77. The van der Waals surface area contributed by atoms with Crippen molar-refractivity contribution in [3.63, 3.8) is 0 Å². The van der Waals surface area contributed by atoms with Crippen LogP contribution in [-0.4, -0.2) is 48.1 Å². The number of aliphatic hydroxyl groups excluding tert-OH is 1. The Balaban J connectivity index is 1.77. The topological polar surface area (TPSA) is 78.9 Å². The maximum Gasteiger partial charge on any atom is 0.321 e. The Morgan fingerprint density at radius 2 is 1.88 bits per heavy atom. The number of urea groups is 1. The molecule has 0 radical (unpaired) electrons. The molecule has 2 rings (SSSR count). The summed E-state index contributed by atoms with van der Waals surface area (Å²) in [6.45, 7) is 2.14. The van der Waals surface area contributed by atoms with Crippen LogP contribution in [0.5, 0.6) is 0 Å². The number of ether oxygens (including phenoxy) is 1. The van der Waals surface area contributed by atoms with E-state index in [2.05, 4.69) is 5.32 Å². The molecule has 1 atom stereocenters. The quantitative estimate of drug-likeness (QED) is 0.713. The molecule has 0 fully saturated rings. The average Bonchev–Trinajstić information content (AvgIpc) is 2.62. The molecule has 0 spiro atoms. The standard InChI is InChI=1S/C20H24N2O4/c1-15(23)17-9-6-10-18(11-17)21-20(25)22(2)12-19(24)14-26-13-16-7-4-3-5-8-16/h3-11,19,24H,12-14H2,1-2H3,(H,21,25)/t19-/m0/s1. The summed E-state index contributed by atoms with van der Waals surface area (Å²) in [5.74, 6) is -0.0690. The van der Waals surface area contributed by atoms with Crippen molar-refractivity contribution in [2.45, 2.75) is 19.6 Å². The van der Waals surface area contributed by atoms with Crippen LogP contribution in [0.25, 0.3) is 0 Å². The highest BCUT2D eigenvalue weighted by Gasteiger charge is 2.14. The lowest BCUT2D eigenvalue weighted by molar-refractivity contribution is 0.0188. The van der Waals surface area contributed by atoms with Crippen LogP contribution in [-0.2, 0) is 11.3 Å². The van der Waals surface area contributed by atoms with Crippen molar-refractivity contribution in [1.29, 1.82) is 0 Å². The van der Waals surface area contributed by atoms with E-state index in [1.54, 1.807) is 31.3 Å². The van der Waals surface area contributed by atoms with E-state index in [-0.39, 0.29) is 25.0 Å². The molecule has 6 heteroatoms. The van der Waals surface area contributed by atoms with Gasteiger partial charge in [-0.15, -0.1) is 0 Å². The third kappa shape index (κ3) is 6.31. The predicted molar refractivity (Wildman–Crippen MR) is 100 cm³/mol. The maximum atomic E-state index is 12.2. The van der Waals surface area contributed by atoms with Gasteiger partial charge in [0.25, 0.3) is 0 Å².